The van der Waals surface area contributed by atoms with E-state index >= 15 is 0 Å². The monoisotopic (exact) mass is 361 g/mol. The highest BCUT2D eigenvalue weighted by Gasteiger charge is 2.33. The van der Waals surface area contributed by atoms with Gasteiger partial charge in [0.15, 0.2) is 0 Å². The van der Waals surface area contributed by atoms with Crippen LogP contribution in [-0.4, -0.2) is 15.7 Å². The predicted molar refractivity (Wildman–Crippen MR) is 86.6 cm³/mol. The molecular weight excluding hydrogens is 347 g/mol. The van der Waals surface area contributed by atoms with Crippen LogP contribution in [0.25, 0.3) is 0 Å². The lowest BCUT2D eigenvalue weighted by atomic mass is 9.87. The number of carbonyl (C=O) groups is 1. The molecule has 0 saturated carbocycles. The van der Waals surface area contributed by atoms with Gasteiger partial charge in [-0.05, 0) is 29.8 Å². The van der Waals surface area contributed by atoms with Gasteiger partial charge in [-0.25, -0.2) is 4.68 Å². The Balaban J connectivity index is 1.67. The van der Waals surface area contributed by atoms with E-state index in [0.717, 1.165) is 17.7 Å². The highest BCUT2D eigenvalue weighted by atomic mass is 19.4. The second kappa shape index (κ2) is 6.05. The SMILES string of the molecule is O=C1CC(c2ccc(C(F)(F)F)cc2)c2cnn(Cc3ccco3)c2N1. The van der Waals surface area contributed by atoms with Crippen LogP contribution in [0.1, 0.15) is 34.8 Å². The Bertz CT molecular complexity index is 928. The normalized spacial score (nSPS) is 17.0. The van der Waals surface area contributed by atoms with Crippen molar-refractivity contribution in [2.45, 2.75) is 25.1 Å². The number of alkyl halides is 3. The molecule has 3 aromatic rings. The molecule has 3 heterocycles. The molecule has 1 N–H and O–H groups in total. The third kappa shape index (κ3) is 2.98. The van der Waals surface area contributed by atoms with Gasteiger partial charge < -0.3 is 9.73 Å². The summed E-state index contributed by atoms with van der Waals surface area (Å²) in [6.45, 7) is 0.350. The zero-order chi connectivity index (χ0) is 18.3. The van der Waals surface area contributed by atoms with Gasteiger partial charge in [-0.1, -0.05) is 12.1 Å². The van der Waals surface area contributed by atoms with E-state index in [2.05, 4.69) is 10.4 Å². The first-order valence-corrected chi connectivity index (χ1v) is 7.97. The summed E-state index contributed by atoms with van der Waals surface area (Å²) in [6, 6.07) is 8.46. The quantitative estimate of drug-likeness (QED) is 0.767. The number of fused-ring (bicyclic) bond motifs is 1. The average Bonchev–Trinajstić information content (AvgIpc) is 3.24. The summed E-state index contributed by atoms with van der Waals surface area (Å²) in [5.41, 5.74) is 0.706. The van der Waals surface area contributed by atoms with Crippen molar-refractivity contribution in [3.63, 3.8) is 0 Å². The van der Waals surface area contributed by atoms with E-state index in [-0.39, 0.29) is 18.2 Å². The molecule has 1 amide bonds. The van der Waals surface area contributed by atoms with Crippen molar-refractivity contribution >= 4 is 11.7 Å². The summed E-state index contributed by atoms with van der Waals surface area (Å²) in [6.07, 6.45) is -1.04. The zero-order valence-corrected chi connectivity index (χ0v) is 13.5. The van der Waals surface area contributed by atoms with Gasteiger partial charge in [0.25, 0.3) is 0 Å². The van der Waals surface area contributed by atoms with Crippen LogP contribution in [0.4, 0.5) is 19.0 Å². The van der Waals surface area contributed by atoms with Gasteiger partial charge in [0, 0.05) is 17.9 Å². The number of furan rings is 1. The van der Waals surface area contributed by atoms with E-state index in [1.807, 2.05) is 0 Å². The highest BCUT2D eigenvalue weighted by Crippen LogP contribution is 2.38. The van der Waals surface area contributed by atoms with Crippen LogP contribution in [0.15, 0.2) is 53.3 Å². The minimum atomic E-state index is -4.39. The fraction of sp³-hybridized carbons (Fsp3) is 0.222. The molecule has 5 nitrogen and oxygen atoms in total. The van der Waals surface area contributed by atoms with Crippen LogP contribution in [0, 0.1) is 0 Å². The second-order valence-corrected chi connectivity index (χ2v) is 6.11. The van der Waals surface area contributed by atoms with Crippen LogP contribution in [0.3, 0.4) is 0 Å². The molecule has 1 atom stereocenters. The number of anilines is 1. The molecule has 0 bridgehead atoms. The van der Waals surface area contributed by atoms with Crippen LogP contribution in [0.2, 0.25) is 0 Å². The summed E-state index contributed by atoms with van der Waals surface area (Å²) in [7, 11) is 0. The van der Waals surface area contributed by atoms with Crippen molar-refractivity contribution in [2.24, 2.45) is 0 Å². The van der Waals surface area contributed by atoms with Crippen molar-refractivity contribution in [1.29, 1.82) is 0 Å². The molecule has 1 aromatic carbocycles. The maximum absolute atomic E-state index is 12.8. The summed E-state index contributed by atoms with van der Waals surface area (Å²) >= 11 is 0. The number of nitrogens with one attached hydrogen (secondary N) is 1. The number of amides is 1. The summed E-state index contributed by atoms with van der Waals surface area (Å²) in [5.74, 6) is 0.680. The molecule has 0 aliphatic carbocycles. The molecule has 0 radical (unpaired) electrons. The molecule has 26 heavy (non-hydrogen) atoms. The molecule has 1 aliphatic rings. The third-order valence-electron chi connectivity index (χ3n) is 4.42. The van der Waals surface area contributed by atoms with Crippen LogP contribution in [0.5, 0.6) is 0 Å². The molecule has 2 aromatic heterocycles. The number of carbonyl (C=O) groups excluding carboxylic acids is 1. The van der Waals surface area contributed by atoms with Crippen molar-refractivity contribution < 1.29 is 22.4 Å². The predicted octanol–water partition coefficient (Wildman–Crippen LogP) is 4.02. The van der Waals surface area contributed by atoms with Crippen LogP contribution < -0.4 is 5.32 Å². The number of benzene rings is 1. The van der Waals surface area contributed by atoms with E-state index in [0.29, 0.717) is 23.7 Å². The zero-order valence-electron chi connectivity index (χ0n) is 13.5. The molecule has 4 rings (SSSR count). The Kier molecular flexibility index (Phi) is 3.82. The van der Waals surface area contributed by atoms with Crippen molar-refractivity contribution in [1.82, 2.24) is 9.78 Å². The molecule has 0 spiro atoms. The topological polar surface area (TPSA) is 60.1 Å². The molecule has 1 unspecified atom stereocenters. The Labute approximate surface area is 146 Å². The number of hydrogen-bond acceptors (Lipinski definition) is 3. The van der Waals surface area contributed by atoms with E-state index in [1.54, 1.807) is 29.3 Å². The van der Waals surface area contributed by atoms with Crippen molar-refractivity contribution in [2.75, 3.05) is 5.32 Å². The first-order chi connectivity index (χ1) is 12.4. The lowest BCUT2D eigenvalue weighted by Gasteiger charge is -2.24. The number of nitrogens with zero attached hydrogens (tertiary/aromatic N) is 2. The lowest BCUT2D eigenvalue weighted by molar-refractivity contribution is -0.137. The summed E-state index contributed by atoms with van der Waals surface area (Å²) in [5, 5.41) is 7.10. The number of hydrogen-bond donors (Lipinski definition) is 1. The first kappa shape index (κ1) is 16.4. The Hall–Kier alpha value is -3.03. The molecule has 8 heteroatoms. The summed E-state index contributed by atoms with van der Waals surface area (Å²) < 4.78 is 45.2. The van der Waals surface area contributed by atoms with E-state index in [9.17, 15) is 18.0 Å². The smallest absolute Gasteiger partial charge is 0.416 e. The fourth-order valence-corrected chi connectivity index (χ4v) is 3.14. The van der Waals surface area contributed by atoms with Gasteiger partial charge in [-0.15, -0.1) is 0 Å². The third-order valence-corrected chi connectivity index (χ3v) is 4.42. The first-order valence-electron chi connectivity index (χ1n) is 7.97. The average molecular weight is 361 g/mol. The van der Waals surface area contributed by atoms with Crippen LogP contribution >= 0.6 is 0 Å². The van der Waals surface area contributed by atoms with Crippen molar-refractivity contribution in [3.05, 3.63) is 71.3 Å². The van der Waals surface area contributed by atoms with Gasteiger partial charge in [0.05, 0.1) is 18.0 Å². The number of aromatic nitrogens is 2. The van der Waals surface area contributed by atoms with Gasteiger partial charge in [-0.2, -0.15) is 18.3 Å². The minimum Gasteiger partial charge on any atom is -0.467 e. The molecule has 1 aliphatic heterocycles. The Morgan fingerprint density at radius 1 is 1.23 bits per heavy atom. The van der Waals surface area contributed by atoms with Gasteiger partial charge >= 0.3 is 6.18 Å². The maximum atomic E-state index is 12.8. The second-order valence-electron chi connectivity index (χ2n) is 6.11. The van der Waals surface area contributed by atoms with Gasteiger partial charge in [0.2, 0.25) is 5.91 Å². The standard InChI is InChI=1S/C18H14F3N3O2/c19-18(20,21)12-5-3-11(4-6-12)14-8-16(25)23-17-15(14)9-22-24(17)10-13-2-1-7-26-13/h1-7,9,14H,8,10H2,(H,23,25). The Morgan fingerprint density at radius 3 is 2.65 bits per heavy atom. The minimum absolute atomic E-state index is 0.158. The Morgan fingerprint density at radius 2 is 2.00 bits per heavy atom. The van der Waals surface area contributed by atoms with Gasteiger partial charge in [0.1, 0.15) is 18.1 Å². The molecular formula is C18H14F3N3O2. The molecule has 0 fully saturated rings. The number of rotatable bonds is 3. The van der Waals surface area contributed by atoms with Crippen molar-refractivity contribution in [3.8, 4) is 0 Å². The van der Waals surface area contributed by atoms with E-state index < -0.39 is 11.7 Å². The molecule has 0 saturated heterocycles. The maximum Gasteiger partial charge on any atom is 0.416 e. The van der Waals surface area contributed by atoms with Gasteiger partial charge in [-0.3, -0.25) is 4.79 Å². The molecule has 134 valence electrons. The van der Waals surface area contributed by atoms with E-state index in [1.165, 1.54) is 12.1 Å². The largest absolute Gasteiger partial charge is 0.467 e. The fourth-order valence-electron chi connectivity index (χ4n) is 3.14. The summed E-state index contributed by atoms with van der Waals surface area (Å²) in [4.78, 5) is 12.1. The lowest BCUT2D eigenvalue weighted by Crippen LogP contribution is -2.25. The van der Waals surface area contributed by atoms with E-state index in [4.69, 9.17) is 4.42 Å². The van der Waals surface area contributed by atoms with Crippen LogP contribution in [-0.2, 0) is 17.5 Å². The number of halogens is 3. The highest BCUT2D eigenvalue weighted by molar-refractivity contribution is 5.94.